The third-order valence-electron chi connectivity index (χ3n) is 2.29. The van der Waals surface area contributed by atoms with E-state index in [1.54, 1.807) is 6.07 Å². The van der Waals surface area contributed by atoms with E-state index in [2.05, 4.69) is 4.74 Å². The summed E-state index contributed by atoms with van der Waals surface area (Å²) >= 11 is 0. The molecule has 0 spiro atoms. The highest BCUT2D eigenvalue weighted by Gasteiger charge is 2.58. The van der Waals surface area contributed by atoms with Gasteiger partial charge in [-0.05, 0) is 17.7 Å². The summed E-state index contributed by atoms with van der Waals surface area (Å²) in [5, 5.41) is 0. The van der Waals surface area contributed by atoms with Gasteiger partial charge in [0.2, 0.25) is 0 Å². The third-order valence-corrected chi connectivity index (χ3v) is 2.29. The predicted octanol–water partition coefficient (Wildman–Crippen LogP) is 2.73. The van der Waals surface area contributed by atoms with E-state index >= 15 is 0 Å². The molecule has 0 atom stereocenters. The van der Waals surface area contributed by atoms with Crippen molar-refractivity contribution in [3.8, 4) is 11.5 Å². The summed E-state index contributed by atoms with van der Waals surface area (Å²) in [5.41, 5.74) is 5.86. The molecule has 1 aromatic rings. The normalized spacial score (nSPS) is 12.4. The van der Waals surface area contributed by atoms with E-state index in [9.17, 15) is 22.0 Å². The minimum absolute atomic E-state index is 0.0511. The lowest BCUT2D eigenvalue weighted by molar-refractivity contribution is -0.290. The number of alkyl halides is 5. The summed E-state index contributed by atoms with van der Waals surface area (Å²) in [5.74, 6) is -5.10. The second kappa shape index (κ2) is 5.60. The molecule has 2 N–H and O–H groups in total. The van der Waals surface area contributed by atoms with Crippen LogP contribution in [0.1, 0.15) is 5.56 Å². The van der Waals surface area contributed by atoms with Crippen LogP contribution in [-0.4, -0.2) is 25.8 Å². The predicted molar refractivity (Wildman–Crippen MR) is 57.4 cm³/mol. The molecule has 0 aliphatic heterocycles. The van der Waals surface area contributed by atoms with Crippen molar-refractivity contribution in [2.45, 2.75) is 18.6 Å². The van der Waals surface area contributed by atoms with Crippen LogP contribution in [0.3, 0.4) is 0 Å². The maximum atomic E-state index is 12.7. The van der Waals surface area contributed by atoms with Crippen LogP contribution < -0.4 is 15.2 Å². The Balaban J connectivity index is 2.87. The van der Waals surface area contributed by atoms with E-state index in [1.165, 1.54) is 19.2 Å². The lowest BCUT2D eigenvalue weighted by atomic mass is 10.2. The number of methoxy groups -OCH3 is 1. The van der Waals surface area contributed by atoms with E-state index < -0.39 is 18.7 Å². The molecule has 0 bridgehead atoms. The van der Waals surface area contributed by atoms with E-state index in [0.29, 0.717) is 5.56 Å². The lowest BCUT2D eigenvalue weighted by Crippen LogP contribution is -2.41. The average molecular weight is 285 g/mol. The van der Waals surface area contributed by atoms with Crippen molar-refractivity contribution in [3.63, 3.8) is 0 Å². The van der Waals surface area contributed by atoms with Gasteiger partial charge in [-0.1, -0.05) is 6.07 Å². The Morgan fingerprint density at radius 3 is 2.21 bits per heavy atom. The van der Waals surface area contributed by atoms with Crippen LogP contribution in [0.25, 0.3) is 0 Å². The Labute approximate surface area is 106 Å². The number of benzene rings is 1. The summed E-state index contributed by atoms with van der Waals surface area (Å²) in [7, 11) is 1.24. The smallest absolute Gasteiger partial charge is 0.456 e. The molecule has 0 fully saturated rings. The summed E-state index contributed by atoms with van der Waals surface area (Å²) in [4.78, 5) is 0. The van der Waals surface area contributed by atoms with Gasteiger partial charge in [-0.15, -0.1) is 0 Å². The SMILES string of the molecule is COc1ccc(CN)cc1OCC(F)(F)C(F)(F)F. The zero-order chi connectivity index (χ0) is 14.7. The Bertz CT molecular complexity index is 434. The Hall–Kier alpha value is -1.57. The van der Waals surface area contributed by atoms with Crippen LogP contribution in [-0.2, 0) is 6.54 Å². The van der Waals surface area contributed by atoms with Gasteiger partial charge >= 0.3 is 12.1 Å². The Morgan fingerprint density at radius 1 is 1.11 bits per heavy atom. The molecule has 0 saturated carbocycles. The monoisotopic (exact) mass is 285 g/mol. The largest absolute Gasteiger partial charge is 0.493 e. The molecule has 0 heterocycles. The molecular weight excluding hydrogens is 273 g/mol. The highest BCUT2D eigenvalue weighted by molar-refractivity contribution is 5.42. The molecule has 0 aliphatic carbocycles. The van der Waals surface area contributed by atoms with Gasteiger partial charge in [-0.3, -0.25) is 0 Å². The van der Waals surface area contributed by atoms with Crippen LogP contribution in [0.2, 0.25) is 0 Å². The molecule has 0 radical (unpaired) electrons. The molecule has 0 unspecified atom stereocenters. The molecule has 3 nitrogen and oxygen atoms in total. The summed E-state index contributed by atoms with van der Waals surface area (Å²) < 4.78 is 70.7. The summed E-state index contributed by atoms with van der Waals surface area (Å²) in [6, 6.07) is 4.18. The maximum Gasteiger partial charge on any atom is 0.456 e. The van der Waals surface area contributed by atoms with Crippen molar-refractivity contribution in [2.24, 2.45) is 5.73 Å². The van der Waals surface area contributed by atoms with Gasteiger partial charge in [0, 0.05) is 6.54 Å². The molecule has 1 aromatic carbocycles. The summed E-state index contributed by atoms with van der Waals surface area (Å²) in [6.07, 6.45) is -5.66. The van der Waals surface area contributed by atoms with Crippen LogP contribution in [0.4, 0.5) is 22.0 Å². The molecular formula is C11H12F5NO2. The first-order chi connectivity index (χ1) is 8.71. The van der Waals surface area contributed by atoms with Crippen LogP contribution in [0.5, 0.6) is 11.5 Å². The molecule has 0 aliphatic rings. The number of hydrogen-bond acceptors (Lipinski definition) is 3. The molecule has 1 rings (SSSR count). The minimum atomic E-state index is -5.66. The quantitative estimate of drug-likeness (QED) is 0.846. The van der Waals surface area contributed by atoms with E-state index in [1.807, 2.05) is 0 Å². The van der Waals surface area contributed by atoms with Gasteiger partial charge in [-0.2, -0.15) is 22.0 Å². The van der Waals surface area contributed by atoms with Gasteiger partial charge in [0.1, 0.15) is 0 Å². The number of ether oxygens (including phenoxy) is 2. The Morgan fingerprint density at radius 2 is 1.74 bits per heavy atom. The van der Waals surface area contributed by atoms with Gasteiger partial charge in [0.15, 0.2) is 18.1 Å². The summed E-state index contributed by atoms with van der Waals surface area (Å²) in [6.45, 7) is -1.73. The lowest BCUT2D eigenvalue weighted by Gasteiger charge is -2.20. The standard InChI is InChI=1S/C11H12F5NO2/c1-18-8-3-2-7(5-17)4-9(8)19-6-10(12,13)11(14,15)16/h2-4H,5-6,17H2,1H3. The van der Waals surface area contributed by atoms with Crippen LogP contribution in [0.15, 0.2) is 18.2 Å². The maximum absolute atomic E-state index is 12.7. The van der Waals surface area contributed by atoms with Crippen molar-refractivity contribution in [1.82, 2.24) is 0 Å². The van der Waals surface area contributed by atoms with Gasteiger partial charge in [0.25, 0.3) is 0 Å². The van der Waals surface area contributed by atoms with Gasteiger partial charge in [0.05, 0.1) is 7.11 Å². The van der Waals surface area contributed by atoms with Crippen LogP contribution in [0, 0.1) is 0 Å². The number of rotatable bonds is 5. The van der Waals surface area contributed by atoms with E-state index in [0.717, 1.165) is 0 Å². The second-order valence-corrected chi connectivity index (χ2v) is 3.68. The molecule has 0 amide bonds. The zero-order valence-corrected chi connectivity index (χ0v) is 9.93. The van der Waals surface area contributed by atoms with Crippen molar-refractivity contribution >= 4 is 0 Å². The first kappa shape index (κ1) is 15.5. The Kier molecular flexibility index (Phi) is 4.56. The van der Waals surface area contributed by atoms with E-state index in [4.69, 9.17) is 10.5 Å². The number of halogens is 5. The first-order valence-corrected chi connectivity index (χ1v) is 5.15. The van der Waals surface area contributed by atoms with Crippen molar-refractivity contribution in [3.05, 3.63) is 23.8 Å². The third kappa shape index (κ3) is 3.69. The highest BCUT2D eigenvalue weighted by atomic mass is 19.4. The fourth-order valence-corrected chi connectivity index (χ4v) is 1.21. The number of nitrogens with two attached hydrogens (primary N) is 1. The fraction of sp³-hybridized carbons (Fsp3) is 0.455. The molecule has 19 heavy (non-hydrogen) atoms. The van der Waals surface area contributed by atoms with E-state index in [-0.39, 0.29) is 18.0 Å². The highest BCUT2D eigenvalue weighted by Crippen LogP contribution is 2.37. The topological polar surface area (TPSA) is 44.5 Å². The van der Waals surface area contributed by atoms with Crippen molar-refractivity contribution in [1.29, 1.82) is 0 Å². The molecule has 108 valence electrons. The van der Waals surface area contributed by atoms with Crippen molar-refractivity contribution in [2.75, 3.05) is 13.7 Å². The molecule has 8 heteroatoms. The van der Waals surface area contributed by atoms with Crippen molar-refractivity contribution < 1.29 is 31.4 Å². The minimum Gasteiger partial charge on any atom is -0.493 e. The zero-order valence-electron chi connectivity index (χ0n) is 9.93. The second-order valence-electron chi connectivity index (χ2n) is 3.68. The average Bonchev–Trinajstić information content (AvgIpc) is 2.34. The van der Waals surface area contributed by atoms with Gasteiger partial charge < -0.3 is 15.2 Å². The first-order valence-electron chi connectivity index (χ1n) is 5.15. The number of hydrogen-bond donors (Lipinski definition) is 1. The van der Waals surface area contributed by atoms with Gasteiger partial charge in [-0.25, -0.2) is 0 Å². The van der Waals surface area contributed by atoms with Crippen LogP contribution >= 0.6 is 0 Å². The molecule has 0 saturated heterocycles. The molecule has 0 aromatic heterocycles. The fourth-order valence-electron chi connectivity index (χ4n) is 1.21.